The highest BCUT2D eigenvalue weighted by Gasteiger charge is 2.36. The van der Waals surface area contributed by atoms with Gasteiger partial charge in [-0.3, -0.25) is 14.5 Å². The van der Waals surface area contributed by atoms with Crippen LogP contribution in [0.1, 0.15) is 63.1 Å². The van der Waals surface area contributed by atoms with Gasteiger partial charge in [-0.15, -0.1) is 0 Å². The van der Waals surface area contributed by atoms with E-state index in [1.165, 1.54) is 18.4 Å². The molecule has 152 valence electrons. The standard InChI is InChI=1S/C23H33N3O2/c1-17(2)6-5-7-22(27)25-13-18-12-20(16-25)21-9-8-19(23(28)26(21)14-18)15-24-10-3-4-11-24/h6,8-9,18,20H,3-5,7,10-16H2,1-2H3/t18-,20+/m0/s1. The highest BCUT2D eigenvalue weighted by Crippen LogP contribution is 2.35. The number of fused-ring (bicyclic) bond motifs is 4. The summed E-state index contributed by atoms with van der Waals surface area (Å²) in [5, 5.41) is 0. The molecule has 0 radical (unpaired) electrons. The van der Waals surface area contributed by atoms with Gasteiger partial charge in [0.05, 0.1) is 0 Å². The van der Waals surface area contributed by atoms with Crippen LogP contribution >= 0.6 is 0 Å². The summed E-state index contributed by atoms with van der Waals surface area (Å²) in [4.78, 5) is 30.2. The maximum Gasteiger partial charge on any atom is 0.255 e. The van der Waals surface area contributed by atoms with Gasteiger partial charge < -0.3 is 9.47 Å². The van der Waals surface area contributed by atoms with Gasteiger partial charge in [0.25, 0.3) is 5.56 Å². The molecule has 5 nitrogen and oxygen atoms in total. The van der Waals surface area contributed by atoms with Crippen molar-refractivity contribution in [2.75, 3.05) is 26.2 Å². The third-order valence-corrected chi connectivity index (χ3v) is 6.54. The molecule has 4 rings (SSSR count). The minimum absolute atomic E-state index is 0.197. The van der Waals surface area contributed by atoms with Crippen LogP contribution in [0.15, 0.2) is 28.6 Å². The SMILES string of the molecule is CC(C)=CCCC(=O)N1C[C@@H]2C[C@H](C1)c1ccc(CN3CCCC3)c(=O)n1C2. The van der Waals surface area contributed by atoms with Gasteiger partial charge in [-0.25, -0.2) is 0 Å². The van der Waals surface area contributed by atoms with Gasteiger partial charge in [-0.2, -0.15) is 0 Å². The van der Waals surface area contributed by atoms with E-state index in [2.05, 4.69) is 30.9 Å². The number of piperidine rings is 1. The lowest BCUT2D eigenvalue weighted by molar-refractivity contribution is -0.133. The zero-order valence-corrected chi connectivity index (χ0v) is 17.3. The summed E-state index contributed by atoms with van der Waals surface area (Å²) in [5.74, 6) is 0.959. The van der Waals surface area contributed by atoms with Crippen molar-refractivity contribution in [3.05, 3.63) is 45.4 Å². The van der Waals surface area contributed by atoms with Crippen LogP contribution in [0.3, 0.4) is 0 Å². The summed E-state index contributed by atoms with van der Waals surface area (Å²) in [7, 11) is 0. The van der Waals surface area contributed by atoms with Crippen LogP contribution in [0.4, 0.5) is 0 Å². The molecule has 0 saturated carbocycles. The molecule has 28 heavy (non-hydrogen) atoms. The summed E-state index contributed by atoms with van der Waals surface area (Å²) in [6.45, 7) is 9.46. The van der Waals surface area contributed by atoms with Crippen LogP contribution < -0.4 is 5.56 Å². The molecule has 1 aromatic heterocycles. The first-order valence-corrected chi connectivity index (χ1v) is 10.9. The third-order valence-electron chi connectivity index (χ3n) is 6.54. The van der Waals surface area contributed by atoms with Gasteiger partial charge in [0.1, 0.15) is 0 Å². The van der Waals surface area contributed by atoms with Crippen molar-refractivity contribution in [2.24, 2.45) is 5.92 Å². The second kappa shape index (κ2) is 8.24. The fourth-order valence-corrected chi connectivity index (χ4v) is 5.14. The molecule has 2 bridgehead atoms. The predicted octanol–water partition coefficient (Wildman–Crippen LogP) is 3.14. The van der Waals surface area contributed by atoms with Gasteiger partial charge in [-0.1, -0.05) is 17.7 Å². The molecule has 2 saturated heterocycles. The fourth-order valence-electron chi connectivity index (χ4n) is 5.14. The number of carbonyl (C=O) groups is 1. The number of aromatic nitrogens is 1. The number of nitrogens with zero attached hydrogens (tertiary/aromatic N) is 3. The molecule has 0 spiro atoms. The second-order valence-corrected chi connectivity index (χ2v) is 9.10. The number of likely N-dealkylation sites (tertiary alicyclic amines) is 2. The van der Waals surface area contributed by atoms with E-state index in [0.29, 0.717) is 18.3 Å². The zero-order chi connectivity index (χ0) is 19.7. The second-order valence-electron chi connectivity index (χ2n) is 9.10. The molecule has 0 unspecified atom stereocenters. The van der Waals surface area contributed by atoms with Crippen molar-refractivity contribution >= 4 is 5.91 Å². The lowest BCUT2D eigenvalue weighted by Gasteiger charge is -2.43. The van der Waals surface area contributed by atoms with Gasteiger partial charge >= 0.3 is 0 Å². The Morgan fingerprint density at radius 2 is 1.93 bits per heavy atom. The summed E-state index contributed by atoms with van der Waals surface area (Å²) in [5.41, 5.74) is 3.53. The normalized spacial score (nSPS) is 24.1. The van der Waals surface area contributed by atoms with E-state index in [0.717, 1.165) is 63.4 Å². The number of amides is 1. The minimum Gasteiger partial charge on any atom is -0.342 e. The number of hydrogen-bond donors (Lipinski definition) is 0. The zero-order valence-electron chi connectivity index (χ0n) is 17.3. The molecule has 3 aliphatic heterocycles. The van der Waals surface area contributed by atoms with Crippen molar-refractivity contribution in [1.82, 2.24) is 14.4 Å². The molecule has 1 amide bonds. The van der Waals surface area contributed by atoms with Crippen molar-refractivity contribution in [3.8, 4) is 0 Å². The Morgan fingerprint density at radius 1 is 1.14 bits per heavy atom. The number of carbonyl (C=O) groups excluding carboxylic acids is 1. The number of pyridine rings is 1. The first-order valence-electron chi connectivity index (χ1n) is 10.9. The molecule has 2 atom stereocenters. The average molecular weight is 384 g/mol. The molecular formula is C23H33N3O2. The van der Waals surface area contributed by atoms with Crippen LogP contribution in [0.2, 0.25) is 0 Å². The quantitative estimate of drug-likeness (QED) is 0.734. The van der Waals surface area contributed by atoms with Crippen molar-refractivity contribution in [3.63, 3.8) is 0 Å². The average Bonchev–Trinajstić information content (AvgIpc) is 3.17. The van der Waals surface area contributed by atoms with E-state index in [-0.39, 0.29) is 11.5 Å². The first kappa shape index (κ1) is 19.4. The minimum atomic E-state index is 0.197. The van der Waals surface area contributed by atoms with E-state index < -0.39 is 0 Å². The van der Waals surface area contributed by atoms with Gasteiger partial charge in [0.2, 0.25) is 5.91 Å². The lowest BCUT2D eigenvalue weighted by atomic mass is 9.82. The van der Waals surface area contributed by atoms with Crippen molar-refractivity contribution in [1.29, 1.82) is 0 Å². The van der Waals surface area contributed by atoms with Crippen LogP contribution in [0.25, 0.3) is 0 Å². The van der Waals surface area contributed by atoms with Crippen LogP contribution in [-0.4, -0.2) is 46.5 Å². The van der Waals surface area contributed by atoms with Gasteiger partial charge in [0, 0.05) is 49.8 Å². The van der Waals surface area contributed by atoms with Crippen molar-refractivity contribution < 1.29 is 4.79 Å². The first-order chi connectivity index (χ1) is 13.5. The maximum absolute atomic E-state index is 13.1. The molecule has 0 N–H and O–H groups in total. The summed E-state index contributed by atoms with van der Waals surface area (Å²) in [6.07, 6.45) is 7.14. The number of hydrogen-bond acceptors (Lipinski definition) is 3. The summed E-state index contributed by atoms with van der Waals surface area (Å²) in [6, 6.07) is 4.20. The molecule has 5 heteroatoms. The molecule has 3 aliphatic rings. The fraction of sp³-hybridized carbons (Fsp3) is 0.652. The van der Waals surface area contributed by atoms with Gasteiger partial charge in [0.15, 0.2) is 0 Å². The Bertz CT molecular complexity index is 816. The summed E-state index contributed by atoms with van der Waals surface area (Å²) < 4.78 is 2.02. The lowest BCUT2D eigenvalue weighted by Crippen LogP contribution is -2.49. The highest BCUT2D eigenvalue weighted by molar-refractivity contribution is 5.76. The van der Waals surface area contributed by atoms with Crippen LogP contribution in [0, 0.1) is 5.92 Å². The Hall–Kier alpha value is -1.88. The van der Waals surface area contributed by atoms with Crippen molar-refractivity contribution in [2.45, 2.75) is 65.0 Å². The molecular weight excluding hydrogens is 350 g/mol. The molecule has 4 heterocycles. The van der Waals surface area contributed by atoms with E-state index in [1.807, 2.05) is 15.5 Å². The Kier molecular flexibility index (Phi) is 5.72. The molecule has 0 aromatic carbocycles. The maximum atomic E-state index is 13.1. The smallest absolute Gasteiger partial charge is 0.255 e. The van der Waals surface area contributed by atoms with E-state index in [4.69, 9.17) is 0 Å². The summed E-state index contributed by atoms with van der Waals surface area (Å²) >= 11 is 0. The van der Waals surface area contributed by atoms with E-state index in [1.54, 1.807) is 0 Å². The monoisotopic (exact) mass is 383 g/mol. The van der Waals surface area contributed by atoms with Gasteiger partial charge in [-0.05, 0) is 64.6 Å². The highest BCUT2D eigenvalue weighted by atomic mass is 16.2. The number of allylic oxidation sites excluding steroid dienone is 2. The predicted molar refractivity (Wildman–Crippen MR) is 111 cm³/mol. The Morgan fingerprint density at radius 3 is 2.68 bits per heavy atom. The van der Waals surface area contributed by atoms with Crippen LogP contribution in [-0.2, 0) is 17.9 Å². The molecule has 1 aromatic rings. The van der Waals surface area contributed by atoms with Crippen LogP contribution in [0.5, 0.6) is 0 Å². The van der Waals surface area contributed by atoms with E-state index >= 15 is 0 Å². The Balaban J connectivity index is 1.47. The largest absolute Gasteiger partial charge is 0.342 e. The Labute approximate surface area is 168 Å². The molecule has 2 fully saturated rings. The molecule has 0 aliphatic carbocycles. The number of rotatable bonds is 5. The third kappa shape index (κ3) is 4.09. The van der Waals surface area contributed by atoms with E-state index in [9.17, 15) is 9.59 Å². The topological polar surface area (TPSA) is 45.6 Å².